The fraction of sp³-hybridized carbons (Fsp3) is 0.424. The van der Waals surface area contributed by atoms with Gasteiger partial charge in [0.15, 0.2) is 0 Å². The Bertz CT molecular complexity index is 1380. The molecule has 0 fully saturated rings. The Kier molecular flexibility index (Phi) is 10.8. The van der Waals surface area contributed by atoms with E-state index in [1.807, 2.05) is 94.6 Å². The minimum Gasteiger partial charge on any atom is -0.444 e. The molecule has 3 amide bonds. The van der Waals surface area contributed by atoms with Gasteiger partial charge in [-0.25, -0.2) is 4.79 Å². The van der Waals surface area contributed by atoms with Crippen molar-refractivity contribution in [2.45, 2.75) is 78.6 Å². The fourth-order valence-electron chi connectivity index (χ4n) is 4.65. The largest absolute Gasteiger partial charge is 0.444 e. The van der Waals surface area contributed by atoms with Gasteiger partial charge in [-0.15, -0.1) is 0 Å². The van der Waals surface area contributed by atoms with Crippen LogP contribution in [-0.2, 0) is 14.3 Å². The quantitative estimate of drug-likeness (QED) is 0.270. The molecule has 0 bridgehead atoms. The van der Waals surface area contributed by atoms with Crippen molar-refractivity contribution in [1.82, 2.24) is 10.2 Å². The third-order valence-corrected chi connectivity index (χ3v) is 7.44. The van der Waals surface area contributed by atoms with Crippen molar-refractivity contribution >= 4 is 46.1 Å². The number of nitrogens with zero attached hydrogens (tertiary/aromatic N) is 1. The van der Waals surface area contributed by atoms with Gasteiger partial charge in [-0.1, -0.05) is 48.5 Å². The molecule has 0 aliphatic carbocycles. The van der Waals surface area contributed by atoms with Crippen LogP contribution in [0.5, 0.6) is 0 Å². The SMILES string of the molecule is CSCCC(NC(=O)OC(C)(C)C)C(=O)N(C(C)C)C(C(=O)Nc1ccc2ccccc2c1)c1ccc(C)c(C)c1. The number of fused-ring (bicyclic) bond motifs is 1. The number of amides is 3. The number of rotatable bonds is 10. The van der Waals surface area contributed by atoms with Crippen LogP contribution in [-0.4, -0.2) is 52.5 Å². The summed E-state index contributed by atoms with van der Waals surface area (Å²) in [6.07, 6.45) is 1.68. The maximum atomic E-state index is 14.3. The number of carbonyl (C=O) groups excluding carboxylic acids is 3. The zero-order valence-corrected chi connectivity index (χ0v) is 26.2. The van der Waals surface area contributed by atoms with Crippen LogP contribution in [0, 0.1) is 13.8 Å². The van der Waals surface area contributed by atoms with Gasteiger partial charge in [0.05, 0.1) is 0 Å². The maximum Gasteiger partial charge on any atom is 0.408 e. The van der Waals surface area contributed by atoms with E-state index in [2.05, 4.69) is 10.6 Å². The Hall–Kier alpha value is -3.52. The van der Waals surface area contributed by atoms with Crippen LogP contribution in [0.15, 0.2) is 60.7 Å². The summed E-state index contributed by atoms with van der Waals surface area (Å²) < 4.78 is 5.47. The van der Waals surface area contributed by atoms with Gasteiger partial charge < -0.3 is 20.3 Å². The first-order valence-electron chi connectivity index (χ1n) is 14.0. The molecule has 2 atom stereocenters. The number of carbonyl (C=O) groups is 3. The van der Waals surface area contributed by atoms with Gasteiger partial charge in [-0.3, -0.25) is 9.59 Å². The second-order valence-electron chi connectivity index (χ2n) is 11.6. The first kappa shape index (κ1) is 32.0. The average Bonchev–Trinajstić information content (AvgIpc) is 2.89. The molecule has 0 aromatic heterocycles. The molecule has 220 valence electrons. The molecule has 3 rings (SSSR count). The molecule has 41 heavy (non-hydrogen) atoms. The lowest BCUT2D eigenvalue weighted by atomic mass is 9.97. The van der Waals surface area contributed by atoms with Gasteiger partial charge in [0.1, 0.15) is 17.7 Å². The molecule has 0 saturated carbocycles. The van der Waals surface area contributed by atoms with Gasteiger partial charge in [0.2, 0.25) is 5.91 Å². The van der Waals surface area contributed by atoms with Crippen LogP contribution in [0.2, 0.25) is 0 Å². The molecule has 0 radical (unpaired) electrons. The van der Waals surface area contributed by atoms with E-state index in [9.17, 15) is 14.4 Å². The highest BCUT2D eigenvalue weighted by atomic mass is 32.2. The lowest BCUT2D eigenvalue weighted by molar-refractivity contribution is -0.143. The highest BCUT2D eigenvalue weighted by molar-refractivity contribution is 7.98. The predicted octanol–water partition coefficient (Wildman–Crippen LogP) is 7.02. The first-order chi connectivity index (χ1) is 19.3. The first-order valence-corrected chi connectivity index (χ1v) is 15.4. The van der Waals surface area contributed by atoms with Crippen molar-refractivity contribution in [3.63, 3.8) is 0 Å². The molecule has 0 aliphatic rings. The summed E-state index contributed by atoms with van der Waals surface area (Å²) in [5.41, 5.74) is 2.75. The van der Waals surface area contributed by atoms with E-state index in [1.54, 1.807) is 37.4 Å². The number of aryl methyl sites for hydroxylation is 2. The third-order valence-electron chi connectivity index (χ3n) is 6.80. The van der Waals surface area contributed by atoms with E-state index in [0.717, 1.165) is 21.9 Å². The van der Waals surface area contributed by atoms with Crippen LogP contribution in [0.1, 0.15) is 63.8 Å². The Morgan fingerprint density at radius 3 is 2.22 bits per heavy atom. The summed E-state index contributed by atoms with van der Waals surface area (Å²) in [5, 5.41) is 7.92. The highest BCUT2D eigenvalue weighted by Crippen LogP contribution is 2.29. The van der Waals surface area contributed by atoms with Gasteiger partial charge in [-0.05, 0) is 106 Å². The number of thioether (sulfide) groups is 1. The van der Waals surface area contributed by atoms with Gasteiger partial charge >= 0.3 is 6.09 Å². The summed E-state index contributed by atoms with van der Waals surface area (Å²) in [5.74, 6) is -0.0151. The normalized spacial score (nSPS) is 13.0. The number of hydrogen-bond donors (Lipinski definition) is 2. The average molecular weight is 578 g/mol. The zero-order valence-electron chi connectivity index (χ0n) is 25.4. The maximum absolute atomic E-state index is 14.3. The number of benzene rings is 3. The molecule has 3 aromatic rings. The zero-order chi connectivity index (χ0) is 30.3. The van der Waals surface area contributed by atoms with Crippen molar-refractivity contribution in [3.05, 3.63) is 77.4 Å². The van der Waals surface area contributed by atoms with Crippen molar-refractivity contribution in [2.75, 3.05) is 17.3 Å². The summed E-state index contributed by atoms with van der Waals surface area (Å²) in [6, 6.07) is 17.4. The van der Waals surface area contributed by atoms with Crippen molar-refractivity contribution in [2.24, 2.45) is 0 Å². The monoisotopic (exact) mass is 577 g/mol. The molecule has 0 heterocycles. The Labute approximate surface area is 248 Å². The minimum atomic E-state index is -0.925. The number of alkyl carbamates (subject to hydrolysis) is 1. The Balaban J connectivity index is 2.03. The Morgan fingerprint density at radius 1 is 0.927 bits per heavy atom. The standard InChI is InChI=1S/C33H43N3O4S/c1-21(2)36(31(38)28(17-18-41-8)35-32(39)40-33(5,6)7)29(26-14-13-22(3)23(4)19-26)30(37)34-27-16-15-24-11-9-10-12-25(24)20-27/h9-16,19-21,28-29H,17-18H2,1-8H3,(H,34,37)(H,35,39). The van der Waals surface area contributed by atoms with Crippen molar-refractivity contribution in [1.29, 1.82) is 0 Å². The van der Waals surface area contributed by atoms with E-state index in [4.69, 9.17) is 4.74 Å². The smallest absolute Gasteiger partial charge is 0.408 e. The number of ether oxygens (including phenoxy) is 1. The third kappa shape index (κ3) is 8.73. The van der Waals surface area contributed by atoms with Gasteiger partial charge in [0, 0.05) is 11.7 Å². The molecule has 7 nitrogen and oxygen atoms in total. The van der Waals surface area contributed by atoms with Crippen molar-refractivity contribution < 1.29 is 19.1 Å². The second-order valence-corrected chi connectivity index (χ2v) is 12.6. The fourth-order valence-corrected chi connectivity index (χ4v) is 5.12. The van der Waals surface area contributed by atoms with Crippen LogP contribution >= 0.6 is 11.8 Å². The molecule has 8 heteroatoms. The van der Waals surface area contributed by atoms with E-state index in [-0.39, 0.29) is 17.9 Å². The molecule has 2 unspecified atom stereocenters. The predicted molar refractivity (Wildman–Crippen MR) is 169 cm³/mol. The lowest BCUT2D eigenvalue weighted by Crippen LogP contribution is -2.54. The van der Waals surface area contributed by atoms with E-state index < -0.39 is 23.8 Å². The molecule has 2 N–H and O–H groups in total. The number of anilines is 1. The summed E-state index contributed by atoms with van der Waals surface area (Å²) in [7, 11) is 0. The van der Waals surface area contributed by atoms with Crippen LogP contribution in [0.3, 0.4) is 0 Å². The van der Waals surface area contributed by atoms with Crippen LogP contribution < -0.4 is 10.6 Å². The van der Waals surface area contributed by atoms with Crippen LogP contribution in [0.25, 0.3) is 10.8 Å². The van der Waals surface area contributed by atoms with Crippen LogP contribution in [0.4, 0.5) is 10.5 Å². The summed E-state index contributed by atoms with van der Waals surface area (Å²) in [4.78, 5) is 42.7. The molecule has 0 spiro atoms. The Morgan fingerprint density at radius 2 is 1.61 bits per heavy atom. The topological polar surface area (TPSA) is 87.7 Å². The molecular formula is C33H43N3O4S. The number of nitrogens with one attached hydrogen (secondary N) is 2. The number of hydrogen-bond acceptors (Lipinski definition) is 5. The molecule has 0 aliphatic heterocycles. The second kappa shape index (κ2) is 13.9. The summed E-state index contributed by atoms with van der Waals surface area (Å²) >= 11 is 1.58. The van der Waals surface area contributed by atoms with E-state index in [1.165, 1.54) is 0 Å². The van der Waals surface area contributed by atoms with E-state index in [0.29, 0.717) is 23.4 Å². The molecule has 3 aromatic carbocycles. The van der Waals surface area contributed by atoms with E-state index >= 15 is 0 Å². The highest BCUT2D eigenvalue weighted by Gasteiger charge is 2.38. The van der Waals surface area contributed by atoms with Gasteiger partial charge in [0.25, 0.3) is 5.91 Å². The molecule has 0 saturated heterocycles. The summed E-state index contributed by atoms with van der Waals surface area (Å²) in [6.45, 7) is 13.1. The van der Waals surface area contributed by atoms with Crippen molar-refractivity contribution in [3.8, 4) is 0 Å². The lowest BCUT2D eigenvalue weighted by Gasteiger charge is -2.37. The molecular weight excluding hydrogens is 534 g/mol. The van der Waals surface area contributed by atoms with Gasteiger partial charge in [-0.2, -0.15) is 11.8 Å². The minimum absolute atomic E-state index is 0.327.